The molecule has 29 heavy (non-hydrogen) atoms. The minimum Gasteiger partial charge on any atom is -0.493 e. The zero-order valence-electron chi connectivity index (χ0n) is 17.9. The molecular formula is C24H30N2O3. The van der Waals surface area contributed by atoms with Crippen LogP contribution in [0.3, 0.4) is 0 Å². The summed E-state index contributed by atoms with van der Waals surface area (Å²) in [5, 5.41) is 4.11. The molecule has 1 aliphatic rings. The molecule has 2 atom stereocenters. The van der Waals surface area contributed by atoms with Gasteiger partial charge in [-0.3, -0.25) is 4.79 Å². The van der Waals surface area contributed by atoms with Gasteiger partial charge in [0.15, 0.2) is 11.5 Å². The van der Waals surface area contributed by atoms with Gasteiger partial charge in [0, 0.05) is 5.92 Å². The van der Waals surface area contributed by atoms with Crippen LogP contribution >= 0.6 is 0 Å². The number of benzene rings is 2. The van der Waals surface area contributed by atoms with E-state index in [0.29, 0.717) is 18.1 Å². The summed E-state index contributed by atoms with van der Waals surface area (Å²) in [5.74, 6) is 1.56. The SMILES string of the molecule is CCOc1ccc(/C=N/NC(=O)[C@@H]2C[C@@H]2c2ccc(C(C)(C)C)cc2)cc1OC. The van der Waals surface area contributed by atoms with E-state index in [1.165, 1.54) is 11.1 Å². The van der Waals surface area contributed by atoms with Crippen molar-refractivity contribution in [3.8, 4) is 11.5 Å². The molecule has 154 valence electrons. The van der Waals surface area contributed by atoms with Crippen LogP contribution in [0.1, 0.15) is 56.7 Å². The molecule has 1 saturated carbocycles. The van der Waals surface area contributed by atoms with Crippen LogP contribution in [0.15, 0.2) is 47.6 Å². The summed E-state index contributed by atoms with van der Waals surface area (Å²) in [4.78, 5) is 12.4. The standard InChI is InChI=1S/C24H30N2O3/c1-6-29-21-12-7-16(13-22(21)28-5)15-25-26-23(27)20-14-19(20)17-8-10-18(11-9-17)24(2,3)4/h7-13,15,19-20H,6,14H2,1-5H3,(H,26,27)/b25-15+/t19-,20-/m1/s1. The van der Waals surface area contributed by atoms with E-state index >= 15 is 0 Å². The summed E-state index contributed by atoms with van der Waals surface area (Å²) in [6, 6.07) is 14.2. The lowest BCUT2D eigenvalue weighted by molar-refractivity contribution is -0.122. The summed E-state index contributed by atoms with van der Waals surface area (Å²) >= 11 is 0. The number of ether oxygens (including phenoxy) is 2. The van der Waals surface area contributed by atoms with Crippen LogP contribution in [-0.2, 0) is 10.2 Å². The molecule has 0 aromatic heterocycles. The van der Waals surface area contributed by atoms with Gasteiger partial charge in [0.05, 0.1) is 19.9 Å². The zero-order chi connectivity index (χ0) is 21.0. The Morgan fingerprint density at radius 1 is 1.17 bits per heavy atom. The molecule has 5 heteroatoms. The van der Waals surface area contributed by atoms with Gasteiger partial charge >= 0.3 is 0 Å². The average molecular weight is 395 g/mol. The summed E-state index contributed by atoms with van der Waals surface area (Å²) in [6.45, 7) is 9.10. The first-order valence-corrected chi connectivity index (χ1v) is 10.1. The van der Waals surface area contributed by atoms with Gasteiger partial charge in [-0.15, -0.1) is 0 Å². The van der Waals surface area contributed by atoms with E-state index in [0.717, 1.165) is 12.0 Å². The largest absolute Gasteiger partial charge is 0.493 e. The molecule has 0 spiro atoms. The second-order valence-corrected chi connectivity index (χ2v) is 8.40. The van der Waals surface area contributed by atoms with E-state index in [1.807, 2.05) is 25.1 Å². The van der Waals surface area contributed by atoms with Crippen LogP contribution in [0.25, 0.3) is 0 Å². The Kier molecular flexibility index (Phi) is 6.26. The van der Waals surface area contributed by atoms with E-state index in [9.17, 15) is 4.79 Å². The molecule has 1 N–H and O–H groups in total. The van der Waals surface area contributed by atoms with Crippen molar-refractivity contribution in [1.82, 2.24) is 5.43 Å². The average Bonchev–Trinajstić information content (AvgIpc) is 3.49. The first kappa shape index (κ1) is 20.9. The molecule has 2 aromatic rings. The van der Waals surface area contributed by atoms with Gasteiger partial charge in [-0.2, -0.15) is 5.10 Å². The molecule has 0 radical (unpaired) electrons. The Bertz CT molecular complexity index is 882. The van der Waals surface area contributed by atoms with Gasteiger partial charge in [0.1, 0.15) is 0 Å². The monoisotopic (exact) mass is 394 g/mol. The normalized spacial score (nSPS) is 18.5. The van der Waals surface area contributed by atoms with Gasteiger partial charge in [-0.1, -0.05) is 45.0 Å². The highest BCUT2D eigenvalue weighted by molar-refractivity contribution is 5.86. The first-order chi connectivity index (χ1) is 13.8. The van der Waals surface area contributed by atoms with Gasteiger partial charge in [0.25, 0.3) is 0 Å². The Morgan fingerprint density at radius 3 is 2.52 bits per heavy atom. The number of nitrogens with zero attached hydrogens (tertiary/aromatic N) is 1. The maximum Gasteiger partial charge on any atom is 0.243 e. The van der Waals surface area contributed by atoms with Gasteiger partial charge in [0.2, 0.25) is 5.91 Å². The topological polar surface area (TPSA) is 59.9 Å². The fourth-order valence-electron chi connectivity index (χ4n) is 3.38. The predicted octanol–water partition coefficient (Wildman–Crippen LogP) is 4.65. The van der Waals surface area contributed by atoms with Crippen LogP contribution in [-0.4, -0.2) is 25.8 Å². The third kappa shape index (κ3) is 5.17. The number of amides is 1. The Balaban J connectivity index is 1.55. The molecule has 1 amide bonds. The highest BCUT2D eigenvalue weighted by Gasteiger charge is 2.44. The van der Waals surface area contributed by atoms with Crippen molar-refractivity contribution in [2.75, 3.05) is 13.7 Å². The summed E-state index contributed by atoms with van der Waals surface area (Å²) in [6.07, 6.45) is 2.48. The maximum absolute atomic E-state index is 12.4. The van der Waals surface area contributed by atoms with Crippen molar-refractivity contribution in [3.63, 3.8) is 0 Å². The molecule has 2 aromatic carbocycles. The lowest BCUT2D eigenvalue weighted by Crippen LogP contribution is -2.20. The van der Waals surface area contributed by atoms with E-state index in [4.69, 9.17) is 9.47 Å². The number of methoxy groups -OCH3 is 1. The minimum absolute atomic E-state index is 0.0116. The zero-order valence-corrected chi connectivity index (χ0v) is 17.9. The minimum atomic E-state index is -0.0379. The molecule has 3 rings (SSSR count). The maximum atomic E-state index is 12.4. The molecule has 5 nitrogen and oxygen atoms in total. The number of hydrogen-bond donors (Lipinski definition) is 1. The lowest BCUT2D eigenvalue weighted by atomic mass is 9.86. The van der Waals surface area contributed by atoms with E-state index in [1.54, 1.807) is 13.3 Å². The van der Waals surface area contributed by atoms with E-state index in [2.05, 4.69) is 55.6 Å². The fraction of sp³-hybridized carbons (Fsp3) is 0.417. The Hall–Kier alpha value is -2.82. The first-order valence-electron chi connectivity index (χ1n) is 10.1. The van der Waals surface area contributed by atoms with Crippen molar-refractivity contribution in [1.29, 1.82) is 0 Å². The van der Waals surface area contributed by atoms with Gasteiger partial charge < -0.3 is 9.47 Å². The highest BCUT2D eigenvalue weighted by atomic mass is 16.5. The Morgan fingerprint density at radius 2 is 1.90 bits per heavy atom. The lowest BCUT2D eigenvalue weighted by Gasteiger charge is -2.19. The van der Waals surface area contributed by atoms with Crippen LogP contribution < -0.4 is 14.9 Å². The second kappa shape index (κ2) is 8.68. The molecule has 0 bridgehead atoms. The molecule has 1 aliphatic carbocycles. The van der Waals surface area contributed by atoms with Crippen molar-refractivity contribution < 1.29 is 14.3 Å². The number of carbonyl (C=O) groups excluding carboxylic acids is 1. The number of hydrogen-bond acceptors (Lipinski definition) is 4. The number of carbonyl (C=O) groups is 1. The molecule has 0 saturated heterocycles. The number of hydrazone groups is 1. The predicted molar refractivity (Wildman–Crippen MR) is 116 cm³/mol. The molecule has 0 unspecified atom stereocenters. The summed E-state index contributed by atoms with van der Waals surface area (Å²) in [5.41, 5.74) is 6.15. The van der Waals surface area contributed by atoms with E-state index < -0.39 is 0 Å². The third-order valence-electron chi connectivity index (χ3n) is 5.21. The summed E-state index contributed by atoms with van der Waals surface area (Å²) < 4.78 is 10.8. The van der Waals surface area contributed by atoms with Crippen molar-refractivity contribution in [2.45, 2.75) is 45.4 Å². The quantitative estimate of drug-likeness (QED) is 0.549. The second-order valence-electron chi connectivity index (χ2n) is 8.40. The highest BCUT2D eigenvalue weighted by Crippen LogP contribution is 2.47. The van der Waals surface area contributed by atoms with Gasteiger partial charge in [-0.25, -0.2) is 5.43 Å². The third-order valence-corrected chi connectivity index (χ3v) is 5.21. The smallest absolute Gasteiger partial charge is 0.243 e. The van der Waals surface area contributed by atoms with Crippen molar-refractivity contribution in [3.05, 3.63) is 59.2 Å². The van der Waals surface area contributed by atoms with Crippen LogP contribution in [0.5, 0.6) is 11.5 Å². The van der Waals surface area contributed by atoms with Crippen LogP contribution in [0.4, 0.5) is 0 Å². The van der Waals surface area contributed by atoms with Crippen LogP contribution in [0, 0.1) is 5.92 Å². The summed E-state index contributed by atoms with van der Waals surface area (Å²) in [7, 11) is 1.60. The van der Waals surface area contributed by atoms with Crippen molar-refractivity contribution >= 4 is 12.1 Å². The molecular weight excluding hydrogens is 364 g/mol. The Labute approximate surface area is 173 Å². The molecule has 0 heterocycles. The molecule has 1 fully saturated rings. The molecule has 0 aliphatic heterocycles. The van der Waals surface area contributed by atoms with Crippen LogP contribution in [0.2, 0.25) is 0 Å². The number of nitrogens with one attached hydrogen (secondary N) is 1. The number of rotatable bonds is 7. The fourth-order valence-corrected chi connectivity index (χ4v) is 3.38. The van der Waals surface area contributed by atoms with E-state index in [-0.39, 0.29) is 23.2 Å². The van der Waals surface area contributed by atoms with Gasteiger partial charge in [-0.05, 0) is 59.6 Å². The van der Waals surface area contributed by atoms with Crippen molar-refractivity contribution in [2.24, 2.45) is 11.0 Å².